The molecule has 0 saturated carbocycles. The summed E-state index contributed by atoms with van der Waals surface area (Å²) in [5.41, 5.74) is 5.28. The molecule has 28 heteroatoms. The Morgan fingerprint density at radius 3 is 2.41 bits per heavy atom. The second kappa shape index (κ2) is 20.1. The number of thioether (sulfide) groups is 1. The maximum absolute atomic E-state index is 12.7. The first-order chi connectivity index (χ1) is 25.9. The highest BCUT2D eigenvalue weighted by atomic mass is 32.2. The van der Waals surface area contributed by atoms with E-state index in [1.165, 1.54) is 19.9 Å². The van der Waals surface area contributed by atoms with Gasteiger partial charge in [0.05, 0.1) is 19.5 Å². The van der Waals surface area contributed by atoms with Gasteiger partial charge in [0, 0.05) is 30.7 Å². The van der Waals surface area contributed by atoms with E-state index in [1.807, 2.05) is 13.8 Å². The van der Waals surface area contributed by atoms with Gasteiger partial charge in [-0.2, -0.15) is 4.31 Å². The summed E-state index contributed by atoms with van der Waals surface area (Å²) < 4.78 is 62.1. The molecule has 24 nitrogen and oxygen atoms in total. The van der Waals surface area contributed by atoms with Crippen molar-refractivity contribution >= 4 is 69.1 Å². The molecule has 7 atom stereocenters. The minimum atomic E-state index is -5.57. The largest absolute Gasteiger partial charge is 0.481 e. The number of imidazole rings is 1. The number of carbonyl (C=O) groups excluding carboxylic acids is 3. The van der Waals surface area contributed by atoms with Gasteiger partial charge < -0.3 is 50.9 Å². The fourth-order valence-corrected chi connectivity index (χ4v) is 8.06. The number of hydrogen-bond acceptors (Lipinski definition) is 18. The van der Waals surface area contributed by atoms with Crippen LogP contribution in [-0.4, -0.2) is 123 Å². The summed E-state index contributed by atoms with van der Waals surface area (Å²) in [5.74, 6) is -1.16. The first-order valence-electron chi connectivity index (χ1n) is 16.3. The number of aliphatic hydroxyl groups excluding tert-OH is 2. The van der Waals surface area contributed by atoms with Crippen molar-refractivity contribution < 1.29 is 80.5 Å². The molecule has 2 amide bonds. The number of nitrogens with zero attached hydrogens (tertiary/aromatic N) is 4. The maximum atomic E-state index is 12.7. The zero-order valence-corrected chi connectivity index (χ0v) is 33.8. The van der Waals surface area contributed by atoms with Crippen LogP contribution < -0.4 is 16.4 Å². The second-order valence-corrected chi connectivity index (χ2v) is 18.2. The Hall–Kier alpha value is -2.96. The average molecular weight is 876 g/mol. The molecule has 1 aliphatic rings. The molecule has 1 saturated heterocycles. The van der Waals surface area contributed by atoms with Gasteiger partial charge in [-0.3, -0.25) is 32.5 Å². The molecule has 2 aromatic rings. The molecule has 2 aromatic heterocycles. The van der Waals surface area contributed by atoms with Crippen LogP contribution in [0.25, 0.3) is 11.2 Å². The molecule has 10 N–H and O–H groups in total. The van der Waals surface area contributed by atoms with E-state index in [4.69, 9.17) is 19.5 Å². The first kappa shape index (κ1) is 47.4. The Kier molecular flexibility index (Phi) is 17.1. The van der Waals surface area contributed by atoms with Gasteiger partial charge in [-0.15, -0.1) is 0 Å². The van der Waals surface area contributed by atoms with Crippen LogP contribution in [-0.2, 0) is 50.7 Å². The van der Waals surface area contributed by atoms with Gasteiger partial charge >= 0.3 is 23.5 Å². The quantitative estimate of drug-likeness (QED) is 0.0350. The minimum Gasteiger partial charge on any atom is -0.386 e. The minimum absolute atomic E-state index is 0.0292. The van der Waals surface area contributed by atoms with E-state index < -0.39 is 84.6 Å². The molecule has 0 aliphatic carbocycles. The summed E-state index contributed by atoms with van der Waals surface area (Å²) in [6.07, 6.45) is -2.13. The number of nitrogens with one attached hydrogen (secondary N) is 2. The molecule has 0 aromatic carbocycles. The van der Waals surface area contributed by atoms with Crippen LogP contribution in [0.3, 0.4) is 0 Å². The van der Waals surface area contributed by atoms with Crippen LogP contribution in [0.2, 0.25) is 0 Å². The van der Waals surface area contributed by atoms with Crippen LogP contribution in [0.15, 0.2) is 36.5 Å². The summed E-state index contributed by atoms with van der Waals surface area (Å²) in [6.45, 7) is 4.22. The van der Waals surface area contributed by atoms with Gasteiger partial charge in [0.2, 0.25) is 16.9 Å². The number of fused-ring (bicyclic) bond motifs is 1. The Morgan fingerprint density at radius 1 is 1.07 bits per heavy atom. The van der Waals surface area contributed by atoms with Crippen LogP contribution >= 0.6 is 35.2 Å². The molecule has 314 valence electrons. The summed E-state index contributed by atoms with van der Waals surface area (Å²) in [6, 6.07) is 0. The molecule has 3 heterocycles. The number of rotatable bonds is 21. The Balaban J connectivity index is 1.49. The number of hydrogen-bond donors (Lipinski definition) is 9. The van der Waals surface area contributed by atoms with E-state index in [1.54, 1.807) is 12.2 Å². The van der Waals surface area contributed by atoms with Crippen molar-refractivity contribution in [1.82, 2.24) is 30.2 Å². The molecule has 1 fully saturated rings. The van der Waals surface area contributed by atoms with E-state index in [-0.39, 0.29) is 41.6 Å². The fourth-order valence-electron chi connectivity index (χ4n) is 4.65. The Labute approximate surface area is 323 Å². The lowest BCUT2D eigenvalue weighted by atomic mass is 9.87. The normalized spacial score (nSPS) is 21.7. The third-order valence-corrected chi connectivity index (χ3v) is 11.3. The lowest BCUT2D eigenvalue weighted by Crippen LogP contribution is -2.46. The molecule has 1 aliphatic heterocycles. The highest BCUT2D eigenvalue weighted by molar-refractivity contribution is 8.14. The molecular weight excluding hydrogens is 831 g/mol. The Morgan fingerprint density at radius 2 is 1.75 bits per heavy atom. The highest BCUT2D eigenvalue weighted by Gasteiger charge is 2.50. The lowest BCUT2D eigenvalue weighted by molar-refractivity contribution is -0.137. The smallest absolute Gasteiger partial charge is 0.386 e. The van der Waals surface area contributed by atoms with E-state index in [0.29, 0.717) is 5.75 Å². The number of phosphoric acid groups is 3. The number of aliphatic hydroxyl groups is 2. The predicted molar refractivity (Wildman–Crippen MR) is 196 cm³/mol. The summed E-state index contributed by atoms with van der Waals surface area (Å²) in [4.78, 5) is 87.3. The summed E-state index contributed by atoms with van der Waals surface area (Å²) >= 11 is 1.01. The fraction of sp³-hybridized carbons (Fsp3) is 0.571. The number of carbonyl (C=O) groups is 3. The second-order valence-electron chi connectivity index (χ2n) is 12.8. The predicted octanol–water partition coefficient (Wildman–Crippen LogP) is 0.187. The molecule has 56 heavy (non-hydrogen) atoms. The van der Waals surface area contributed by atoms with Crippen LogP contribution in [0.5, 0.6) is 0 Å². The monoisotopic (exact) mass is 875 g/mol. The number of ether oxygens (including phenoxy) is 1. The van der Waals surface area contributed by atoms with E-state index >= 15 is 0 Å². The standard InChI is InChI=1S/C28H44N7O17P3S/c1-16(2)6-5-7-19(37)56-11-10-30-18(36)8-9-31-26(40)23(39)28(3,4)13-49-55(46,47)52-54(44,45)48-12-17-22(51-53(41,42)43)21(38)27(50-17)35-15-34-20-24(29)32-14-33-25(20)35/h5-7,14-15,17,21-23,27,38-39H,8-13H2,1-4H3,(H,30,36)(H,31,40)(H,44,45)(H,46,47)(H2,29,32,33)(H2,41,42,43)/b7-5+/t17-,21-,22-,23?,27-/m1/s1. The highest BCUT2D eigenvalue weighted by Crippen LogP contribution is 2.61. The van der Waals surface area contributed by atoms with Gasteiger partial charge in [-0.05, 0) is 19.9 Å². The third kappa shape index (κ3) is 14.8. The van der Waals surface area contributed by atoms with Gasteiger partial charge in [-0.1, -0.05) is 43.3 Å². The molecule has 0 radical (unpaired) electrons. The number of nitrogens with two attached hydrogens (primary N) is 1. The average Bonchev–Trinajstić information content (AvgIpc) is 3.64. The molecule has 3 unspecified atom stereocenters. The van der Waals surface area contributed by atoms with Crippen molar-refractivity contribution in [3.05, 3.63) is 36.5 Å². The number of amides is 2. The zero-order valence-electron chi connectivity index (χ0n) is 30.3. The number of allylic oxidation sites excluding steroid dienone is 3. The topological polar surface area (TPSA) is 364 Å². The van der Waals surface area contributed by atoms with Gasteiger partial charge in [0.15, 0.2) is 17.7 Å². The molecular formula is C28H44N7O17P3S. The Bertz CT molecular complexity index is 1920. The van der Waals surface area contributed by atoms with Crippen molar-refractivity contribution in [1.29, 1.82) is 0 Å². The van der Waals surface area contributed by atoms with E-state index in [0.717, 1.165) is 34.6 Å². The summed E-state index contributed by atoms with van der Waals surface area (Å²) in [7, 11) is -16.4. The van der Waals surface area contributed by atoms with Gasteiger partial charge in [0.1, 0.15) is 36.3 Å². The van der Waals surface area contributed by atoms with Crippen molar-refractivity contribution in [3.8, 4) is 0 Å². The number of anilines is 1. The van der Waals surface area contributed by atoms with Crippen molar-refractivity contribution in [2.45, 2.75) is 64.8 Å². The van der Waals surface area contributed by atoms with Gasteiger partial charge in [-0.25, -0.2) is 28.6 Å². The first-order valence-corrected chi connectivity index (χ1v) is 21.8. The van der Waals surface area contributed by atoms with Gasteiger partial charge in [0.25, 0.3) is 0 Å². The van der Waals surface area contributed by atoms with Crippen molar-refractivity contribution in [2.75, 3.05) is 37.8 Å². The molecule has 3 rings (SSSR count). The SMILES string of the molecule is CC(C)=C/C=C/C(=O)SCCNC(=O)CCNC(=O)C(O)C(C)(C)COP(=O)(O)OP(=O)(O)OC[C@H]1O[C@@H](n2cnc3c(N)ncnc32)[C@H](O)[C@@H]1OP(=O)(O)O. The maximum Gasteiger partial charge on any atom is 0.481 e. The lowest BCUT2D eigenvalue weighted by Gasteiger charge is -2.30. The van der Waals surface area contributed by atoms with E-state index in [2.05, 4.69) is 34.4 Å². The zero-order chi connectivity index (χ0) is 42.1. The van der Waals surface area contributed by atoms with Crippen LogP contribution in [0.1, 0.15) is 40.3 Å². The third-order valence-electron chi connectivity index (χ3n) is 7.41. The van der Waals surface area contributed by atoms with Crippen molar-refractivity contribution in [2.24, 2.45) is 5.41 Å². The molecule has 0 bridgehead atoms. The molecule has 0 spiro atoms. The summed E-state index contributed by atoms with van der Waals surface area (Å²) in [5, 5.41) is 26.1. The number of aromatic nitrogens is 4. The van der Waals surface area contributed by atoms with E-state index in [9.17, 15) is 57.9 Å². The van der Waals surface area contributed by atoms with Crippen LogP contribution in [0, 0.1) is 5.41 Å². The number of nitrogen functional groups attached to an aromatic ring is 1. The van der Waals surface area contributed by atoms with Crippen molar-refractivity contribution in [3.63, 3.8) is 0 Å². The number of phosphoric ester groups is 3. The van der Waals surface area contributed by atoms with Crippen LogP contribution in [0.4, 0.5) is 5.82 Å².